The van der Waals surface area contributed by atoms with Crippen LogP contribution in [0.4, 0.5) is 11.4 Å². The number of amides is 1. The molecule has 0 unspecified atom stereocenters. The van der Waals surface area contributed by atoms with Crippen LogP contribution in [-0.4, -0.2) is 57.8 Å². The predicted octanol–water partition coefficient (Wildman–Crippen LogP) is 4.45. The quantitative estimate of drug-likeness (QED) is 0.464. The molecule has 2 fully saturated rings. The zero-order valence-corrected chi connectivity index (χ0v) is 19.6. The molecular formula is C23H28BrN5O3. The fourth-order valence-electron chi connectivity index (χ4n) is 4.60. The lowest BCUT2D eigenvalue weighted by Gasteiger charge is -2.34. The Hall–Kier alpha value is -2.52. The van der Waals surface area contributed by atoms with Crippen molar-refractivity contribution in [1.29, 1.82) is 0 Å². The number of carbonyl (C=O) groups excluding carboxylic acids is 1. The van der Waals surface area contributed by atoms with Gasteiger partial charge in [-0.15, -0.1) is 0 Å². The topological polar surface area (TPSA) is 91.6 Å². The van der Waals surface area contributed by atoms with Crippen molar-refractivity contribution in [2.24, 2.45) is 0 Å². The molecule has 0 saturated carbocycles. The first-order chi connectivity index (χ1) is 15.5. The maximum Gasteiger partial charge on any atom is 0.294 e. The van der Waals surface area contributed by atoms with Crippen molar-refractivity contribution in [2.45, 2.75) is 44.7 Å². The summed E-state index contributed by atoms with van der Waals surface area (Å²) in [6, 6.07) is 7.19. The van der Waals surface area contributed by atoms with Crippen LogP contribution in [0.2, 0.25) is 0 Å². The lowest BCUT2D eigenvalue weighted by Crippen LogP contribution is -2.42. The fraction of sp³-hybridized carbons (Fsp3) is 0.478. The number of halogens is 1. The minimum absolute atomic E-state index is 0.0215. The van der Waals surface area contributed by atoms with E-state index in [1.54, 1.807) is 12.3 Å². The molecule has 1 amide bonds. The Morgan fingerprint density at radius 2 is 2.03 bits per heavy atom. The van der Waals surface area contributed by atoms with Gasteiger partial charge in [0.1, 0.15) is 5.69 Å². The highest BCUT2D eigenvalue weighted by Crippen LogP contribution is 2.35. The first-order valence-electron chi connectivity index (χ1n) is 11.2. The van der Waals surface area contributed by atoms with E-state index in [4.69, 9.17) is 0 Å². The number of rotatable bonds is 6. The van der Waals surface area contributed by atoms with Gasteiger partial charge in [-0.3, -0.25) is 24.8 Å². The van der Waals surface area contributed by atoms with E-state index in [1.165, 1.54) is 6.07 Å². The number of nitro groups is 1. The van der Waals surface area contributed by atoms with Crippen molar-refractivity contribution in [2.75, 3.05) is 31.5 Å². The number of piperidine rings is 2. The second-order valence-corrected chi connectivity index (χ2v) is 9.45. The number of nitro benzene ring substituents is 1. The van der Waals surface area contributed by atoms with Gasteiger partial charge in [0.2, 0.25) is 0 Å². The highest BCUT2D eigenvalue weighted by Gasteiger charge is 2.30. The molecule has 0 aliphatic carbocycles. The van der Waals surface area contributed by atoms with Crippen LogP contribution < -0.4 is 5.32 Å². The number of anilines is 1. The summed E-state index contributed by atoms with van der Waals surface area (Å²) in [5.41, 5.74) is 1.78. The Bertz CT molecular complexity index is 966. The third kappa shape index (κ3) is 5.45. The molecular weight excluding hydrogens is 474 g/mol. The van der Waals surface area contributed by atoms with Crippen molar-refractivity contribution in [3.63, 3.8) is 0 Å². The number of likely N-dealkylation sites (tertiary alicyclic amines) is 2. The van der Waals surface area contributed by atoms with Gasteiger partial charge in [-0.2, -0.15) is 0 Å². The molecule has 32 heavy (non-hydrogen) atoms. The van der Waals surface area contributed by atoms with Crippen LogP contribution >= 0.6 is 15.9 Å². The number of hydrogen-bond acceptors (Lipinski definition) is 6. The number of nitrogens with zero attached hydrogens (tertiary/aromatic N) is 4. The van der Waals surface area contributed by atoms with Crippen LogP contribution in [0.1, 0.15) is 48.0 Å². The summed E-state index contributed by atoms with van der Waals surface area (Å²) >= 11 is 3.36. The SMILES string of the molecule is O=C(c1cc(Br)cc([N+](=O)[O-])c1N[C@@H]1CCCN(Cc2cccnc2)C1)N1CCCCC1. The van der Waals surface area contributed by atoms with Crippen LogP contribution in [0.15, 0.2) is 41.1 Å². The van der Waals surface area contributed by atoms with Gasteiger partial charge in [0, 0.05) is 55.2 Å². The van der Waals surface area contributed by atoms with Crippen molar-refractivity contribution < 1.29 is 9.72 Å². The number of nitrogens with one attached hydrogen (secondary N) is 1. The molecule has 0 radical (unpaired) electrons. The van der Waals surface area contributed by atoms with Crippen LogP contribution in [-0.2, 0) is 6.54 Å². The number of hydrogen-bond donors (Lipinski definition) is 1. The third-order valence-corrected chi connectivity index (χ3v) is 6.59. The molecule has 2 aromatic rings. The number of pyridine rings is 1. The number of benzene rings is 1. The Morgan fingerprint density at radius 3 is 2.75 bits per heavy atom. The Kier molecular flexibility index (Phi) is 7.36. The molecule has 1 aromatic heterocycles. The zero-order valence-electron chi connectivity index (χ0n) is 18.0. The van der Waals surface area contributed by atoms with Crippen molar-refractivity contribution >= 4 is 33.2 Å². The largest absolute Gasteiger partial charge is 0.375 e. The van der Waals surface area contributed by atoms with Crippen molar-refractivity contribution in [1.82, 2.24) is 14.8 Å². The van der Waals surface area contributed by atoms with Gasteiger partial charge in [0.25, 0.3) is 11.6 Å². The maximum absolute atomic E-state index is 13.3. The van der Waals surface area contributed by atoms with Gasteiger partial charge >= 0.3 is 0 Å². The summed E-state index contributed by atoms with van der Waals surface area (Å²) in [6.45, 7) is 3.89. The van der Waals surface area contributed by atoms with Crippen LogP contribution in [0.25, 0.3) is 0 Å². The molecule has 0 spiro atoms. The van der Waals surface area contributed by atoms with E-state index in [0.29, 0.717) is 28.8 Å². The first kappa shape index (κ1) is 22.7. The Balaban J connectivity index is 1.57. The zero-order chi connectivity index (χ0) is 22.5. The van der Waals surface area contributed by atoms with E-state index >= 15 is 0 Å². The van der Waals surface area contributed by atoms with Crippen molar-refractivity contribution in [3.8, 4) is 0 Å². The molecule has 4 rings (SSSR count). The highest BCUT2D eigenvalue weighted by molar-refractivity contribution is 9.10. The van der Waals surface area contributed by atoms with Crippen LogP contribution in [0.3, 0.4) is 0 Å². The van der Waals surface area contributed by atoms with Gasteiger partial charge in [-0.05, 0) is 56.3 Å². The molecule has 0 bridgehead atoms. The van der Waals surface area contributed by atoms with Crippen molar-refractivity contribution in [3.05, 3.63) is 62.4 Å². The molecule has 1 N–H and O–H groups in total. The Labute approximate surface area is 196 Å². The van der Waals surface area contributed by atoms with E-state index < -0.39 is 4.92 Å². The summed E-state index contributed by atoms with van der Waals surface area (Å²) < 4.78 is 0.539. The standard InChI is InChI=1S/C23H28BrN5O3/c24-18-12-20(23(30)28-10-2-1-3-11-28)22(21(13-18)29(31)32)26-19-7-5-9-27(16-19)15-17-6-4-8-25-14-17/h4,6,8,12-14,19,26H,1-3,5,7,9-11,15-16H2/t19-/m1/s1. The minimum Gasteiger partial charge on any atom is -0.375 e. The van der Waals surface area contributed by atoms with E-state index in [1.807, 2.05) is 17.2 Å². The van der Waals surface area contributed by atoms with E-state index in [-0.39, 0.29) is 17.6 Å². The summed E-state index contributed by atoms with van der Waals surface area (Å²) in [5.74, 6) is -0.139. The highest BCUT2D eigenvalue weighted by atomic mass is 79.9. The molecule has 2 aliphatic rings. The molecule has 1 atom stereocenters. The third-order valence-electron chi connectivity index (χ3n) is 6.14. The van der Waals surface area contributed by atoms with Crippen LogP contribution in [0, 0.1) is 10.1 Å². The smallest absolute Gasteiger partial charge is 0.294 e. The minimum atomic E-state index is -0.406. The second-order valence-electron chi connectivity index (χ2n) is 8.54. The molecule has 2 aliphatic heterocycles. The van der Waals surface area contributed by atoms with E-state index in [9.17, 15) is 14.9 Å². The normalized spacial score (nSPS) is 19.5. The average Bonchev–Trinajstić information content (AvgIpc) is 2.81. The monoisotopic (exact) mass is 501 g/mol. The molecule has 3 heterocycles. The maximum atomic E-state index is 13.3. The summed E-state index contributed by atoms with van der Waals surface area (Å²) in [7, 11) is 0. The fourth-order valence-corrected chi connectivity index (χ4v) is 5.04. The second kappa shape index (κ2) is 10.4. The number of aromatic nitrogens is 1. The van der Waals surface area contributed by atoms with Gasteiger partial charge in [0.15, 0.2) is 0 Å². The average molecular weight is 502 g/mol. The van der Waals surface area contributed by atoms with Gasteiger partial charge < -0.3 is 10.2 Å². The molecule has 8 nitrogen and oxygen atoms in total. The summed E-state index contributed by atoms with van der Waals surface area (Å²) in [5, 5.41) is 15.3. The molecule has 2 saturated heterocycles. The summed E-state index contributed by atoms with van der Waals surface area (Å²) in [4.78, 5) is 33.1. The van der Waals surface area contributed by atoms with Crippen LogP contribution in [0.5, 0.6) is 0 Å². The number of carbonyl (C=O) groups is 1. The Morgan fingerprint density at radius 1 is 1.22 bits per heavy atom. The van der Waals surface area contributed by atoms with E-state index in [2.05, 4.69) is 37.2 Å². The lowest BCUT2D eigenvalue weighted by atomic mass is 10.0. The molecule has 1 aromatic carbocycles. The first-order valence-corrected chi connectivity index (χ1v) is 12.0. The van der Waals surface area contributed by atoms with Gasteiger partial charge in [0.05, 0.1) is 10.5 Å². The van der Waals surface area contributed by atoms with Gasteiger partial charge in [-0.1, -0.05) is 22.0 Å². The lowest BCUT2D eigenvalue weighted by molar-refractivity contribution is -0.384. The van der Waals surface area contributed by atoms with Gasteiger partial charge in [-0.25, -0.2) is 0 Å². The summed E-state index contributed by atoms with van der Waals surface area (Å²) in [6.07, 6.45) is 8.56. The predicted molar refractivity (Wildman–Crippen MR) is 127 cm³/mol. The molecule has 9 heteroatoms. The molecule has 170 valence electrons. The van der Waals surface area contributed by atoms with E-state index in [0.717, 1.165) is 57.3 Å².